The molecule has 0 bridgehead atoms. The summed E-state index contributed by atoms with van der Waals surface area (Å²) in [5, 5.41) is 16.4. The molecule has 0 spiro atoms. The van der Waals surface area contributed by atoms with Gasteiger partial charge in [-0.15, -0.1) is 5.10 Å². The van der Waals surface area contributed by atoms with Gasteiger partial charge in [0.15, 0.2) is 11.9 Å². The SMILES string of the molecule is CCc1nc2sc([C@@H](c3ccc(Cl)cc3Cl)[NH+]3CCOCC3)c(O)n2n1. The normalized spacial score (nSPS) is 17.0. The molecule has 4 rings (SSSR count). The number of morpholine rings is 1. The molecule has 3 heterocycles. The van der Waals surface area contributed by atoms with Gasteiger partial charge < -0.3 is 14.7 Å². The van der Waals surface area contributed by atoms with E-state index in [0.29, 0.717) is 28.2 Å². The summed E-state index contributed by atoms with van der Waals surface area (Å²) in [6.45, 7) is 5.01. The van der Waals surface area contributed by atoms with Crippen LogP contribution < -0.4 is 4.90 Å². The molecule has 138 valence electrons. The number of rotatable bonds is 4. The van der Waals surface area contributed by atoms with Crippen molar-refractivity contribution in [1.29, 1.82) is 0 Å². The molecule has 3 aromatic rings. The molecule has 6 nitrogen and oxygen atoms in total. The highest BCUT2D eigenvalue weighted by Crippen LogP contribution is 2.37. The lowest BCUT2D eigenvalue weighted by Gasteiger charge is -2.31. The predicted molar refractivity (Wildman–Crippen MR) is 102 cm³/mol. The smallest absolute Gasteiger partial charge is 0.235 e. The maximum Gasteiger partial charge on any atom is 0.235 e. The highest BCUT2D eigenvalue weighted by atomic mass is 35.5. The van der Waals surface area contributed by atoms with Crippen LogP contribution >= 0.6 is 34.5 Å². The summed E-state index contributed by atoms with van der Waals surface area (Å²) in [6.07, 6.45) is 0.727. The van der Waals surface area contributed by atoms with Crippen LogP contribution in [0.25, 0.3) is 4.96 Å². The number of hydrogen-bond acceptors (Lipinski definition) is 5. The fourth-order valence-electron chi connectivity index (χ4n) is 3.33. The van der Waals surface area contributed by atoms with Crippen LogP contribution in [0.1, 0.15) is 29.2 Å². The maximum absolute atomic E-state index is 10.9. The van der Waals surface area contributed by atoms with Gasteiger partial charge in [-0.1, -0.05) is 41.5 Å². The van der Waals surface area contributed by atoms with Gasteiger partial charge in [-0.25, -0.2) is 4.98 Å². The third-order valence-electron chi connectivity index (χ3n) is 4.64. The monoisotopic (exact) mass is 413 g/mol. The van der Waals surface area contributed by atoms with Gasteiger partial charge in [0.1, 0.15) is 18.0 Å². The van der Waals surface area contributed by atoms with Gasteiger partial charge in [0, 0.05) is 17.0 Å². The molecule has 0 aliphatic carbocycles. The van der Waals surface area contributed by atoms with Gasteiger partial charge in [0.2, 0.25) is 10.8 Å². The van der Waals surface area contributed by atoms with Crippen molar-refractivity contribution in [1.82, 2.24) is 14.6 Å². The van der Waals surface area contributed by atoms with Crippen LogP contribution in [0.3, 0.4) is 0 Å². The number of aryl methyl sites for hydroxylation is 1. The molecule has 0 saturated carbocycles. The Morgan fingerprint density at radius 1 is 1.35 bits per heavy atom. The lowest BCUT2D eigenvalue weighted by Crippen LogP contribution is -3.14. The zero-order chi connectivity index (χ0) is 18.3. The van der Waals surface area contributed by atoms with E-state index in [4.69, 9.17) is 27.9 Å². The first-order valence-corrected chi connectivity index (χ1v) is 10.1. The van der Waals surface area contributed by atoms with Crippen LogP contribution in [-0.4, -0.2) is 46.0 Å². The van der Waals surface area contributed by atoms with Crippen molar-refractivity contribution in [2.75, 3.05) is 26.3 Å². The van der Waals surface area contributed by atoms with Crippen LogP contribution in [0.5, 0.6) is 5.88 Å². The van der Waals surface area contributed by atoms with Gasteiger partial charge in [0.25, 0.3) is 0 Å². The molecular weight excluding hydrogens is 395 g/mol. The largest absolute Gasteiger partial charge is 0.492 e. The molecule has 9 heteroatoms. The number of ether oxygens (including phenoxy) is 1. The first-order valence-electron chi connectivity index (χ1n) is 8.53. The first kappa shape index (κ1) is 18.0. The number of nitrogens with one attached hydrogen (secondary N) is 1. The molecule has 1 aliphatic rings. The number of benzene rings is 1. The Balaban J connectivity index is 1.84. The summed E-state index contributed by atoms with van der Waals surface area (Å²) in [7, 11) is 0. The summed E-state index contributed by atoms with van der Waals surface area (Å²) < 4.78 is 7.03. The Morgan fingerprint density at radius 2 is 2.12 bits per heavy atom. The Labute approximate surface area is 164 Å². The Morgan fingerprint density at radius 3 is 2.77 bits per heavy atom. The number of aromatic hydroxyl groups is 1. The van der Waals surface area contributed by atoms with Crippen molar-refractivity contribution in [3.63, 3.8) is 0 Å². The second-order valence-corrected chi connectivity index (χ2v) is 8.09. The Hall–Kier alpha value is -1.38. The fraction of sp³-hybridized carbons (Fsp3) is 0.412. The molecule has 1 aromatic carbocycles. The minimum Gasteiger partial charge on any atom is -0.492 e. The van der Waals surface area contributed by atoms with Gasteiger partial charge in [-0.3, -0.25) is 0 Å². The molecule has 2 aromatic heterocycles. The standard InChI is InChI=1S/C17H18Cl2N4O2S/c1-2-13-20-17-23(21-13)16(24)15(26-17)14(22-5-7-25-8-6-22)11-4-3-10(18)9-12(11)19/h3-4,9,14,24H,2,5-8H2,1H3/p+1/t14-/m1/s1. The van der Waals surface area contributed by atoms with E-state index in [9.17, 15) is 5.11 Å². The molecule has 0 amide bonds. The van der Waals surface area contributed by atoms with E-state index in [0.717, 1.165) is 35.8 Å². The molecule has 0 unspecified atom stereocenters. The van der Waals surface area contributed by atoms with Gasteiger partial charge >= 0.3 is 0 Å². The van der Waals surface area contributed by atoms with E-state index in [1.54, 1.807) is 6.07 Å². The third-order valence-corrected chi connectivity index (χ3v) is 6.29. The molecule has 26 heavy (non-hydrogen) atoms. The van der Waals surface area contributed by atoms with E-state index in [2.05, 4.69) is 10.1 Å². The summed E-state index contributed by atoms with van der Waals surface area (Å²) in [5.74, 6) is 0.852. The van der Waals surface area contributed by atoms with Crippen LogP contribution in [0, 0.1) is 0 Å². The zero-order valence-corrected chi connectivity index (χ0v) is 16.5. The van der Waals surface area contributed by atoms with Crippen molar-refractivity contribution in [3.05, 3.63) is 44.5 Å². The number of thiazole rings is 1. The van der Waals surface area contributed by atoms with Crippen LogP contribution in [0.4, 0.5) is 0 Å². The Bertz CT molecular complexity index is 936. The molecule has 1 aliphatic heterocycles. The van der Waals surface area contributed by atoms with Crippen LogP contribution in [0.2, 0.25) is 10.0 Å². The summed E-state index contributed by atoms with van der Waals surface area (Å²) in [5.41, 5.74) is 0.934. The van der Waals surface area contributed by atoms with Crippen LogP contribution in [-0.2, 0) is 11.2 Å². The summed E-state index contributed by atoms with van der Waals surface area (Å²) in [6, 6.07) is 5.39. The molecule has 0 radical (unpaired) electrons. The van der Waals surface area contributed by atoms with E-state index in [1.165, 1.54) is 20.8 Å². The third kappa shape index (κ3) is 3.18. The van der Waals surface area contributed by atoms with E-state index in [1.807, 2.05) is 19.1 Å². The number of aromatic nitrogens is 3. The minimum absolute atomic E-state index is 0.123. The molecular formula is C17H19Cl2N4O2S+. The lowest BCUT2D eigenvalue weighted by molar-refractivity contribution is -0.932. The van der Waals surface area contributed by atoms with E-state index >= 15 is 0 Å². The molecule has 1 fully saturated rings. The quantitative estimate of drug-likeness (QED) is 0.688. The maximum atomic E-state index is 10.9. The average molecular weight is 414 g/mol. The van der Waals surface area contributed by atoms with Crippen LogP contribution in [0.15, 0.2) is 18.2 Å². The van der Waals surface area contributed by atoms with Gasteiger partial charge in [0.05, 0.1) is 18.2 Å². The van der Waals surface area contributed by atoms with E-state index in [-0.39, 0.29) is 11.9 Å². The van der Waals surface area contributed by atoms with Crippen molar-refractivity contribution >= 4 is 39.5 Å². The predicted octanol–water partition coefficient (Wildman–Crippen LogP) is 2.37. The first-order chi connectivity index (χ1) is 12.6. The number of nitrogens with zero attached hydrogens (tertiary/aromatic N) is 3. The van der Waals surface area contributed by atoms with Crippen molar-refractivity contribution < 1.29 is 14.7 Å². The number of hydrogen-bond donors (Lipinski definition) is 2. The van der Waals surface area contributed by atoms with Crippen molar-refractivity contribution in [2.45, 2.75) is 19.4 Å². The van der Waals surface area contributed by atoms with Crippen molar-refractivity contribution in [3.8, 4) is 5.88 Å². The summed E-state index contributed by atoms with van der Waals surface area (Å²) >= 11 is 14.1. The highest BCUT2D eigenvalue weighted by Gasteiger charge is 2.35. The number of fused-ring (bicyclic) bond motifs is 1. The lowest BCUT2D eigenvalue weighted by atomic mass is 10.0. The molecule has 1 atom stereocenters. The number of halogens is 2. The van der Waals surface area contributed by atoms with Gasteiger partial charge in [-0.2, -0.15) is 4.52 Å². The summed E-state index contributed by atoms with van der Waals surface area (Å²) in [4.78, 5) is 7.28. The Kier molecular flexibility index (Phi) is 5.07. The average Bonchev–Trinajstić information content (AvgIpc) is 3.18. The molecule has 2 N–H and O–H groups in total. The van der Waals surface area contributed by atoms with Gasteiger partial charge in [-0.05, 0) is 18.2 Å². The zero-order valence-electron chi connectivity index (χ0n) is 14.2. The number of quaternary nitrogens is 1. The van der Waals surface area contributed by atoms with Crippen molar-refractivity contribution in [2.24, 2.45) is 0 Å². The highest BCUT2D eigenvalue weighted by molar-refractivity contribution is 7.17. The second-order valence-electron chi connectivity index (χ2n) is 6.24. The minimum atomic E-state index is -0.123. The fourth-order valence-corrected chi connectivity index (χ4v) is 5.00. The topological polar surface area (TPSA) is 64.1 Å². The van der Waals surface area contributed by atoms with E-state index < -0.39 is 0 Å². The second kappa shape index (κ2) is 7.32. The molecule has 1 saturated heterocycles.